The Kier molecular flexibility index (Phi) is 6.67. The van der Waals surface area contributed by atoms with Crippen LogP contribution in [0.25, 0.3) is 0 Å². The molecule has 0 unspecified atom stereocenters. The summed E-state index contributed by atoms with van der Waals surface area (Å²) in [4.78, 5) is 0. The van der Waals surface area contributed by atoms with Gasteiger partial charge in [0, 0.05) is 0 Å². The minimum Gasteiger partial charge on any atom is -0.793 e. The van der Waals surface area contributed by atoms with Crippen LogP contribution in [-0.2, 0) is 12.6 Å². The molecule has 0 heterocycles. The minimum absolute atomic E-state index is 0.944. The highest BCUT2D eigenvalue weighted by Gasteiger charge is 1.76. The van der Waals surface area contributed by atoms with E-state index in [-0.39, 0.29) is 0 Å². The van der Waals surface area contributed by atoms with Gasteiger partial charge in [-0.15, -0.1) is 0 Å². The Labute approximate surface area is 51.7 Å². The van der Waals surface area contributed by atoms with Gasteiger partial charge in [0.15, 0.2) is 0 Å². The lowest BCUT2D eigenvalue weighted by atomic mass is 10.2. The normalized spacial score (nSPS) is 9.43. The van der Waals surface area contributed by atoms with E-state index < -0.39 is 0 Å². The highest BCUT2D eigenvalue weighted by molar-refractivity contribution is 7.58. The molecule has 0 nitrogen and oxygen atoms in total. The number of unbranched alkanes of at least 4 members (excludes halogenated alkanes) is 3. The molecule has 0 aliphatic rings. The maximum Gasteiger partial charge on any atom is -0.0536 e. The van der Waals surface area contributed by atoms with Gasteiger partial charge >= 0.3 is 0 Å². The predicted octanol–water partition coefficient (Wildman–Crippen LogP) is 2.11. The van der Waals surface area contributed by atoms with Gasteiger partial charge in [-0.25, -0.2) is 0 Å². The van der Waals surface area contributed by atoms with E-state index in [4.69, 9.17) is 12.6 Å². The van der Waals surface area contributed by atoms with Crippen molar-refractivity contribution in [1.29, 1.82) is 0 Å². The zero-order valence-electron chi connectivity index (χ0n) is 4.94. The molecule has 0 aliphatic heterocycles. The molecule has 0 aromatic heterocycles. The van der Waals surface area contributed by atoms with Crippen LogP contribution in [0.1, 0.15) is 32.6 Å². The fourth-order valence-electron chi connectivity index (χ4n) is 0.529. The molecule has 0 bridgehead atoms. The summed E-state index contributed by atoms with van der Waals surface area (Å²) in [6.07, 6.45) is 5.25. The van der Waals surface area contributed by atoms with Gasteiger partial charge in [0.2, 0.25) is 0 Å². The highest BCUT2D eigenvalue weighted by Crippen LogP contribution is 1.96. The van der Waals surface area contributed by atoms with Crippen molar-refractivity contribution in [2.24, 2.45) is 0 Å². The van der Waals surface area contributed by atoms with Crippen molar-refractivity contribution in [2.45, 2.75) is 32.6 Å². The first kappa shape index (κ1) is 7.35. The second-order valence-electron chi connectivity index (χ2n) is 1.76. The average molecular weight is 117 g/mol. The molecule has 0 spiro atoms. The Balaban J connectivity index is 2.45. The Morgan fingerprint density at radius 2 is 1.86 bits per heavy atom. The van der Waals surface area contributed by atoms with E-state index in [0.29, 0.717) is 0 Å². The zero-order valence-corrected chi connectivity index (χ0v) is 5.76. The SMILES string of the molecule is CCCCCC[S-]. The van der Waals surface area contributed by atoms with Crippen LogP contribution in [0, 0.1) is 0 Å². The number of rotatable bonds is 4. The monoisotopic (exact) mass is 117 g/mol. The van der Waals surface area contributed by atoms with Gasteiger partial charge in [0.05, 0.1) is 0 Å². The van der Waals surface area contributed by atoms with Crippen LogP contribution in [-0.4, -0.2) is 5.75 Å². The zero-order chi connectivity index (χ0) is 5.54. The Morgan fingerprint density at radius 3 is 2.29 bits per heavy atom. The lowest BCUT2D eigenvalue weighted by Crippen LogP contribution is -1.77. The predicted molar refractivity (Wildman–Crippen MR) is 36.4 cm³/mol. The summed E-state index contributed by atoms with van der Waals surface area (Å²) in [5.41, 5.74) is 0. The van der Waals surface area contributed by atoms with Crippen LogP contribution in [0.2, 0.25) is 0 Å². The number of hydrogen-bond acceptors (Lipinski definition) is 1. The van der Waals surface area contributed by atoms with Crippen molar-refractivity contribution in [3.8, 4) is 0 Å². The lowest BCUT2D eigenvalue weighted by Gasteiger charge is -1.99. The second kappa shape index (κ2) is 6.35. The molecule has 0 aromatic carbocycles. The summed E-state index contributed by atoms with van der Waals surface area (Å²) in [6, 6.07) is 0. The molecule has 0 fully saturated rings. The maximum atomic E-state index is 4.77. The smallest absolute Gasteiger partial charge is 0.0536 e. The van der Waals surface area contributed by atoms with Crippen molar-refractivity contribution in [3.05, 3.63) is 0 Å². The van der Waals surface area contributed by atoms with Crippen LogP contribution in [0.15, 0.2) is 0 Å². The molecule has 0 amide bonds. The molecule has 0 rings (SSSR count). The minimum atomic E-state index is 0.944. The van der Waals surface area contributed by atoms with Gasteiger partial charge in [0.1, 0.15) is 0 Å². The van der Waals surface area contributed by atoms with E-state index in [0.717, 1.165) is 5.75 Å². The van der Waals surface area contributed by atoms with Crippen molar-refractivity contribution >= 4 is 12.6 Å². The Hall–Kier alpha value is 0.350. The third kappa shape index (κ3) is 6.35. The van der Waals surface area contributed by atoms with Gasteiger partial charge in [-0.1, -0.05) is 32.6 Å². The number of hydrogen-bond donors (Lipinski definition) is 0. The summed E-state index contributed by atoms with van der Waals surface area (Å²) in [7, 11) is 0. The Bertz CT molecular complexity index is 23.4. The van der Waals surface area contributed by atoms with Crippen molar-refractivity contribution in [1.82, 2.24) is 0 Å². The fourth-order valence-corrected chi connectivity index (χ4v) is 0.733. The second-order valence-corrected chi connectivity index (χ2v) is 2.17. The molecule has 0 radical (unpaired) electrons. The molecular weight excluding hydrogens is 104 g/mol. The largest absolute Gasteiger partial charge is 0.793 e. The topological polar surface area (TPSA) is 0 Å². The molecule has 1 heteroatoms. The van der Waals surface area contributed by atoms with Gasteiger partial charge < -0.3 is 12.6 Å². The molecule has 0 saturated heterocycles. The Morgan fingerprint density at radius 1 is 1.14 bits per heavy atom. The summed E-state index contributed by atoms with van der Waals surface area (Å²) in [5, 5.41) is 0. The van der Waals surface area contributed by atoms with E-state index in [2.05, 4.69) is 6.92 Å². The van der Waals surface area contributed by atoms with Gasteiger partial charge in [-0.05, 0) is 0 Å². The summed E-state index contributed by atoms with van der Waals surface area (Å²) in [6.45, 7) is 2.21. The van der Waals surface area contributed by atoms with Gasteiger partial charge in [0.25, 0.3) is 0 Å². The van der Waals surface area contributed by atoms with Crippen LogP contribution in [0.4, 0.5) is 0 Å². The molecule has 0 N–H and O–H groups in total. The standard InChI is InChI=1S/C6H14S/c1-2-3-4-5-6-7/h7H,2-6H2,1H3/p-1. The maximum absolute atomic E-state index is 4.77. The molecule has 0 atom stereocenters. The van der Waals surface area contributed by atoms with E-state index in [1.54, 1.807) is 0 Å². The third-order valence-corrected chi connectivity index (χ3v) is 1.29. The van der Waals surface area contributed by atoms with E-state index in [1.807, 2.05) is 0 Å². The van der Waals surface area contributed by atoms with Crippen molar-refractivity contribution < 1.29 is 0 Å². The molecule has 44 valence electrons. The first-order valence-electron chi connectivity index (χ1n) is 3.00. The van der Waals surface area contributed by atoms with Crippen molar-refractivity contribution in [3.63, 3.8) is 0 Å². The summed E-state index contributed by atoms with van der Waals surface area (Å²) in [5.74, 6) is 0.944. The molecular formula is C6H13S-. The average Bonchev–Trinajstić information content (AvgIpc) is 1.69. The molecule has 0 aliphatic carbocycles. The van der Waals surface area contributed by atoms with Crippen molar-refractivity contribution in [2.75, 3.05) is 5.75 Å². The summed E-state index contributed by atoms with van der Waals surface area (Å²) < 4.78 is 0. The highest BCUT2D eigenvalue weighted by atomic mass is 32.1. The first-order valence-corrected chi connectivity index (χ1v) is 3.57. The van der Waals surface area contributed by atoms with E-state index in [9.17, 15) is 0 Å². The summed E-state index contributed by atoms with van der Waals surface area (Å²) >= 11 is 4.77. The van der Waals surface area contributed by atoms with Crippen LogP contribution in [0.5, 0.6) is 0 Å². The van der Waals surface area contributed by atoms with E-state index in [1.165, 1.54) is 25.7 Å². The molecule has 0 saturated carbocycles. The lowest BCUT2D eigenvalue weighted by molar-refractivity contribution is 0.707. The van der Waals surface area contributed by atoms with Gasteiger partial charge in [-0.2, -0.15) is 5.75 Å². The van der Waals surface area contributed by atoms with Crippen LogP contribution < -0.4 is 0 Å². The van der Waals surface area contributed by atoms with Crippen LogP contribution in [0.3, 0.4) is 0 Å². The van der Waals surface area contributed by atoms with Crippen LogP contribution >= 0.6 is 0 Å². The molecule has 7 heavy (non-hydrogen) atoms. The quantitative estimate of drug-likeness (QED) is 0.401. The first-order chi connectivity index (χ1) is 3.41. The molecule has 0 aromatic rings. The fraction of sp³-hybridized carbons (Fsp3) is 1.00. The van der Waals surface area contributed by atoms with Gasteiger partial charge in [-0.3, -0.25) is 0 Å². The third-order valence-electron chi connectivity index (χ3n) is 0.998. The van der Waals surface area contributed by atoms with E-state index >= 15 is 0 Å².